The number of carbonyl (C=O) groups excluding carboxylic acids is 1. The molecule has 0 aromatic carbocycles. The number of amides is 1. The normalized spacial score (nSPS) is 14.7. The van der Waals surface area contributed by atoms with E-state index in [1.165, 1.54) is 0 Å². The molecule has 0 radical (unpaired) electrons. The van der Waals surface area contributed by atoms with Crippen LogP contribution in [0.2, 0.25) is 0 Å². The van der Waals surface area contributed by atoms with Crippen molar-refractivity contribution in [3.05, 3.63) is 36.8 Å². The molecule has 1 N–H and O–H groups in total. The number of hydrogen-bond acceptors (Lipinski definition) is 6. The van der Waals surface area contributed by atoms with Gasteiger partial charge in [0.05, 0.1) is 18.1 Å². The summed E-state index contributed by atoms with van der Waals surface area (Å²) in [4.78, 5) is 29.4. The number of anilines is 3. The molecule has 0 atom stereocenters. The first-order valence-corrected chi connectivity index (χ1v) is 8.64. The van der Waals surface area contributed by atoms with Crippen molar-refractivity contribution in [2.45, 2.75) is 20.3 Å². The summed E-state index contributed by atoms with van der Waals surface area (Å²) in [5, 5.41) is 2.83. The summed E-state index contributed by atoms with van der Waals surface area (Å²) in [7, 11) is 0. The van der Waals surface area contributed by atoms with E-state index < -0.39 is 0 Å². The maximum atomic E-state index is 11.8. The molecule has 2 aromatic heterocycles. The zero-order chi connectivity index (χ0) is 17.6. The maximum Gasteiger partial charge on any atom is 0.225 e. The third-order valence-electron chi connectivity index (χ3n) is 4.05. The van der Waals surface area contributed by atoms with Crippen molar-refractivity contribution in [3.8, 4) is 0 Å². The summed E-state index contributed by atoms with van der Waals surface area (Å²) in [5.74, 6) is 2.03. The highest BCUT2D eigenvalue weighted by atomic mass is 16.1. The molecule has 2 aromatic rings. The third-order valence-corrected chi connectivity index (χ3v) is 4.05. The quantitative estimate of drug-likeness (QED) is 0.899. The summed E-state index contributed by atoms with van der Waals surface area (Å²) in [6.07, 6.45) is 5.66. The summed E-state index contributed by atoms with van der Waals surface area (Å²) in [5.41, 5.74) is 0.640. The second-order valence-corrected chi connectivity index (χ2v) is 6.58. The molecule has 1 fully saturated rings. The molecule has 132 valence electrons. The average molecular weight is 340 g/mol. The van der Waals surface area contributed by atoms with Gasteiger partial charge in [-0.15, -0.1) is 0 Å². The van der Waals surface area contributed by atoms with Gasteiger partial charge in [0.15, 0.2) is 0 Å². The number of piperazine rings is 1. The van der Waals surface area contributed by atoms with Crippen LogP contribution in [0.1, 0.15) is 20.3 Å². The van der Waals surface area contributed by atoms with Crippen LogP contribution in [0.15, 0.2) is 36.8 Å². The van der Waals surface area contributed by atoms with Gasteiger partial charge < -0.3 is 15.1 Å². The number of pyridine rings is 1. The lowest BCUT2D eigenvalue weighted by atomic mass is 10.1. The maximum absolute atomic E-state index is 11.8. The Bertz CT molecular complexity index is 680. The average Bonchev–Trinajstić information content (AvgIpc) is 2.62. The highest BCUT2D eigenvalue weighted by molar-refractivity contribution is 5.90. The van der Waals surface area contributed by atoms with Gasteiger partial charge in [-0.25, -0.2) is 15.0 Å². The van der Waals surface area contributed by atoms with Crippen LogP contribution in [0.3, 0.4) is 0 Å². The van der Waals surface area contributed by atoms with E-state index in [-0.39, 0.29) is 5.91 Å². The predicted molar refractivity (Wildman–Crippen MR) is 98.8 cm³/mol. The Morgan fingerprint density at radius 1 is 1.08 bits per heavy atom. The minimum Gasteiger partial charge on any atom is -0.353 e. The smallest absolute Gasteiger partial charge is 0.225 e. The van der Waals surface area contributed by atoms with Crippen molar-refractivity contribution >= 4 is 23.4 Å². The molecule has 0 spiro atoms. The second-order valence-electron chi connectivity index (χ2n) is 6.58. The zero-order valence-corrected chi connectivity index (χ0v) is 14.7. The van der Waals surface area contributed by atoms with Crippen molar-refractivity contribution in [2.24, 2.45) is 5.92 Å². The van der Waals surface area contributed by atoms with E-state index in [0.717, 1.165) is 32.0 Å². The fourth-order valence-corrected chi connectivity index (χ4v) is 2.81. The van der Waals surface area contributed by atoms with Gasteiger partial charge in [0.1, 0.15) is 5.82 Å². The van der Waals surface area contributed by atoms with E-state index >= 15 is 0 Å². The van der Waals surface area contributed by atoms with Gasteiger partial charge in [0, 0.05) is 38.8 Å². The molecular weight excluding hydrogens is 316 g/mol. The minimum atomic E-state index is -0.00433. The van der Waals surface area contributed by atoms with Gasteiger partial charge in [-0.05, 0) is 18.1 Å². The van der Waals surface area contributed by atoms with Gasteiger partial charge in [0.25, 0.3) is 0 Å². The number of nitrogens with one attached hydrogen (secondary N) is 1. The Morgan fingerprint density at radius 3 is 2.36 bits per heavy atom. The molecule has 1 aliphatic heterocycles. The number of carbonyl (C=O) groups is 1. The van der Waals surface area contributed by atoms with E-state index in [4.69, 9.17) is 0 Å². The number of hydrogen-bond donors (Lipinski definition) is 1. The predicted octanol–water partition coefficient (Wildman–Crippen LogP) is 2.18. The summed E-state index contributed by atoms with van der Waals surface area (Å²) in [6.45, 7) is 7.49. The standard InChI is InChI=1S/C18H24N6O/c1-14(2)11-17(25)22-15-12-20-18(21-13-15)24-9-7-23(8-10-24)16-5-3-4-6-19-16/h3-6,12-14H,7-11H2,1-2H3,(H,22,25). The first kappa shape index (κ1) is 17.1. The van der Waals surface area contributed by atoms with Gasteiger partial charge in [0.2, 0.25) is 11.9 Å². The van der Waals surface area contributed by atoms with Crippen molar-refractivity contribution in [1.29, 1.82) is 0 Å². The molecule has 1 aliphatic rings. The summed E-state index contributed by atoms with van der Waals surface area (Å²) >= 11 is 0. The van der Waals surface area contributed by atoms with Crippen LogP contribution in [0, 0.1) is 5.92 Å². The van der Waals surface area contributed by atoms with E-state index in [9.17, 15) is 4.79 Å². The zero-order valence-electron chi connectivity index (χ0n) is 14.7. The lowest BCUT2D eigenvalue weighted by Crippen LogP contribution is -2.47. The molecule has 25 heavy (non-hydrogen) atoms. The monoisotopic (exact) mass is 340 g/mol. The van der Waals surface area contributed by atoms with Crippen molar-refractivity contribution in [1.82, 2.24) is 15.0 Å². The fourth-order valence-electron chi connectivity index (χ4n) is 2.81. The molecule has 3 rings (SSSR count). The summed E-state index contributed by atoms with van der Waals surface area (Å²) < 4.78 is 0. The largest absolute Gasteiger partial charge is 0.353 e. The SMILES string of the molecule is CC(C)CC(=O)Nc1cnc(N2CCN(c3ccccn3)CC2)nc1. The Balaban J connectivity index is 1.54. The highest BCUT2D eigenvalue weighted by Crippen LogP contribution is 2.16. The lowest BCUT2D eigenvalue weighted by Gasteiger charge is -2.35. The number of rotatable bonds is 5. The highest BCUT2D eigenvalue weighted by Gasteiger charge is 2.19. The van der Waals surface area contributed by atoms with Crippen LogP contribution in [0.25, 0.3) is 0 Å². The van der Waals surface area contributed by atoms with Crippen LogP contribution in [0.4, 0.5) is 17.5 Å². The Labute approximate surface area is 148 Å². The van der Waals surface area contributed by atoms with E-state index in [0.29, 0.717) is 24.0 Å². The Kier molecular flexibility index (Phi) is 5.42. The Morgan fingerprint density at radius 2 is 1.76 bits per heavy atom. The molecule has 0 unspecified atom stereocenters. The van der Waals surface area contributed by atoms with Crippen LogP contribution in [0.5, 0.6) is 0 Å². The van der Waals surface area contributed by atoms with Gasteiger partial charge in [-0.3, -0.25) is 4.79 Å². The minimum absolute atomic E-state index is 0.00433. The lowest BCUT2D eigenvalue weighted by molar-refractivity contribution is -0.116. The molecule has 1 amide bonds. The van der Waals surface area contributed by atoms with Crippen LogP contribution >= 0.6 is 0 Å². The van der Waals surface area contributed by atoms with Crippen LogP contribution < -0.4 is 15.1 Å². The molecule has 7 heteroatoms. The van der Waals surface area contributed by atoms with Crippen LogP contribution in [-0.2, 0) is 4.79 Å². The van der Waals surface area contributed by atoms with Gasteiger partial charge in [-0.1, -0.05) is 19.9 Å². The molecule has 7 nitrogen and oxygen atoms in total. The van der Waals surface area contributed by atoms with Crippen molar-refractivity contribution in [3.63, 3.8) is 0 Å². The van der Waals surface area contributed by atoms with Crippen molar-refractivity contribution in [2.75, 3.05) is 41.3 Å². The second kappa shape index (κ2) is 7.92. The third kappa shape index (κ3) is 4.65. The molecule has 1 saturated heterocycles. The molecule has 0 saturated carbocycles. The summed E-state index contributed by atoms with van der Waals surface area (Å²) in [6, 6.07) is 5.96. The molecule has 0 bridgehead atoms. The first-order valence-electron chi connectivity index (χ1n) is 8.64. The Hall–Kier alpha value is -2.70. The van der Waals surface area contributed by atoms with Gasteiger partial charge in [-0.2, -0.15) is 0 Å². The van der Waals surface area contributed by atoms with Crippen LogP contribution in [-0.4, -0.2) is 47.0 Å². The topological polar surface area (TPSA) is 74.2 Å². The molecule has 0 aliphatic carbocycles. The molecule has 3 heterocycles. The fraction of sp³-hybridized carbons (Fsp3) is 0.444. The van der Waals surface area contributed by atoms with Gasteiger partial charge >= 0.3 is 0 Å². The van der Waals surface area contributed by atoms with Crippen molar-refractivity contribution < 1.29 is 4.79 Å². The van der Waals surface area contributed by atoms with E-state index in [1.807, 2.05) is 38.2 Å². The van der Waals surface area contributed by atoms with E-state index in [2.05, 4.69) is 30.1 Å². The number of aromatic nitrogens is 3. The van der Waals surface area contributed by atoms with E-state index in [1.54, 1.807) is 12.4 Å². The number of nitrogens with zero attached hydrogens (tertiary/aromatic N) is 5. The first-order chi connectivity index (χ1) is 12.1. The molecular formula is C18H24N6O.